The van der Waals surface area contributed by atoms with Crippen LogP contribution in [0.2, 0.25) is 0 Å². The summed E-state index contributed by atoms with van der Waals surface area (Å²) in [5.41, 5.74) is 1.61. The fraction of sp³-hybridized carbons (Fsp3) is 0.462. The van der Waals surface area contributed by atoms with Crippen LogP contribution in [0.15, 0.2) is 17.0 Å². The lowest BCUT2D eigenvalue weighted by Crippen LogP contribution is -2.13. The van der Waals surface area contributed by atoms with Crippen molar-refractivity contribution in [3.8, 4) is 0 Å². The maximum atomic E-state index is 11.9. The lowest BCUT2D eigenvalue weighted by Gasteiger charge is -2.14. The molecule has 0 aliphatic heterocycles. The fourth-order valence-corrected chi connectivity index (χ4v) is 3.46. The second-order valence-corrected chi connectivity index (χ2v) is 6.00. The molecular formula is C13H18O4S. The highest BCUT2D eigenvalue weighted by molar-refractivity contribution is 7.90. The first-order chi connectivity index (χ1) is 8.36. The zero-order valence-electron chi connectivity index (χ0n) is 11.1. The molecule has 0 saturated heterocycles. The Morgan fingerprint density at radius 3 is 2.22 bits per heavy atom. The number of hydrogen-bond donors (Lipinski definition) is 0. The molecule has 0 heterocycles. The third-order valence-corrected chi connectivity index (χ3v) is 4.10. The highest BCUT2D eigenvalue weighted by Crippen LogP contribution is 2.26. The number of benzene rings is 1. The van der Waals surface area contributed by atoms with Gasteiger partial charge in [-0.2, -0.15) is 0 Å². The smallest absolute Gasteiger partial charge is 0.338 e. The summed E-state index contributed by atoms with van der Waals surface area (Å²) in [6.07, 6.45) is 2.25. The number of esters is 1. The molecule has 0 aliphatic rings. The van der Waals surface area contributed by atoms with E-state index in [4.69, 9.17) is 0 Å². The third-order valence-electron chi connectivity index (χ3n) is 2.85. The minimum atomic E-state index is -3.36. The van der Waals surface area contributed by atoms with Crippen LogP contribution in [0.3, 0.4) is 0 Å². The predicted molar refractivity (Wildman–Crippen MR) is 69.6 cm³/mol. The average molecular weight is 270 g/mol. The largest absolute Gasteiger partial charge is 0.465 e. The molecular weight excluding hydrogens is 252 g/mol. The van der Waals surface area contributed by atoms with E-state index >= 15 is 0 Å². The Morgan fingerprint density at radius 1 is 1.22 bits per heavy atom. The number of hydrogen-bond acceptors (Lipinski definition) is 4. The van der Waals surface area contributed by atoms with Gasteiger partial charge in [-0.15, -0.1) is 0 Å². The number of sulfone groups is 1. The van der Waals surface area contributed by atoms with E-state index in [1.165, 1.54) is 13.4 Å². The van der Waals surface area contributed by atoms with Crippen LogP contribution < -0.4 is 0 Å². The second kappa shape index (κ2) is 5.52. The lowest BCUT2D eigenvalue weighted by atomic mass is 10.0. The first kappa shape index (κ1) is 14.7. The molecule has 100 valence electrons. The highest BCUT2D eigenvalue weighted by atomic mass is 32.2. The van der Waals surface area contributed by atoms with Gasteiger partial charge < -0.3 is 4.74 Å². The van der Waals surface area contributed by atoms with Crippen LogP contribution in [0.1, 0.15) is 35.3 Å². The molecule has 1 aromatic rings. The maximum absolute atomic E-state index is 11.9. The summed E-state index contributed by atoms with van der Waals surface area (Å²) in [6.45, 7) is 3.72. The fourth-order valence-electron chi connectivity index (χ4n) is 2.07. The van der Waals surface area contributed by atoms with Crippen LogP contribution in [0.4, 0.5) is 0 Å². The summed E-state index contributed by atoms with van der Waals surface area (Å²) in [5.74, 6) is -0.501. The van der Waals surface area contributed by atoms with E-state index in [-0.39, 0.29) is 4.90 Å². The second-order valence-electron chi connectivity index (χ2n) is 4.05. The van der Waals surface area contributed by atoms with Crippen molar-refractivity contribution in [1.82, 2.24) is 0 Å². The van der Waals surface area contributed by atoms with Gasteiger partial charge in [-0.3, -0.25) is 0 Å². The quantitative estimate of drug-likeness (QED) is 0.785. The normalized spacial score (nSPS) is 11.3. The van der Waals surface area contributed by atoms with Crippen LogP contribution in [0.5, 0.6) is 0 Å². The number of methoxy groups -OCH3 is 1. The number of rotatable bonds is 4. The summed E-state index contributed by atoms with van der Waals surface area (Å²) in [4.78, 5) is 11.9. The van der Waals surface area contributed by atoms with Crippen molar-refractivity contribution in [2.24, 2.45) is 0 Å². The van der Waals surface area contributed by atoms with Crippen molar-refractivity contribution >= 4 is 15.8 Å². The van der Waals surface area contributed by atoms with Gasteiger partial charge in [-0.1, -0.05) is 19.9 Å². The summed E-state index contributed by atoms with van der Waals surface area (Å²) in [6, 6.07) is 3.32. The molecule has 18 heavy (non-hydrogen) atoms. The Balaban J connectivity index is 3.68. The van der Waals surface area contributed by atoms with Crippen molar-refractivity contribution in [1.29, 1.82) is 0 Å². The Kier molecular flexibility index (Phi) is 4.51. The van der Waals surface area contributed by atoms with Gasteiger partial charge in [0.05, 0.1) is 17.6 Å². The Labute approximate surface area is 108 Å². The van der Waals surface area contributed by atoms with Crippen LogP contribution in [-0.2, 0) is 27.4 Å². The van der Waals surface area contributed by atoms with E-state index in [1.54, 1.807) is 12.1 Å². The van der Waals surface area contributed by atoms with Crippen LogP contribution in [0, 0.1) is 0 Å². The third kappa shape index (κ3) is 2.72. The standard InChI is InChI=1S/C13H18O4S/c1-5-9-7-8-11(13(14)17-3)10(6-2)12(9)18(4,15)16/h7-8H,5-6H2,1-4H3. The van der Waals surface area contributed by atoms with Crippen molar-refractivity contribution < 1.29 is 17.9 Å². The average Bonchev–Trinajstić information content (AvgIpc) is 2.34. The molecule has 0 amide bonds. The predicted octanol–water partition coefficient (Wildman–Crippen LogP) is 2.00. The number of aryl methyl sites for hydroxylation is 1. The summed E-state index contributed by atoms with van der Waals surface area (Å²) in [7, 11) is -2.07. The van der Waals surface area contributed by atoms with Gasteiger partial charge in [-0.25, -0.2) is 13.2 Å². The molecule has 1 rings (SSSR count). The minimum absolute atomic E-state index is 0.274. The Bertz CT molecular complexity index is 559. The first-order valence-electron chi connectivity index (χ1n) is 5.79. The molecule has 0 unspecified atom stereocenters. The summed E-state index contributed by atoms with van der Waals surface area (Å²) < 4.78 is 28.5. The van der Waals surface area contributed by atoms with Crippen molar-refractivity contribution in [2.75, 3.05) is 13.4 Å². The molecule has 0 bridgehead atoms. The Morgan fingerprint density at radius 2 is 1.83 bits per heavy atom. The van der Waals surface area contributed by atoms with Crippen molar-refractivity contribution in [3.05, 3.63) is 28.8 Å². The van der Waals surface area contributed by atoms with Crippen molar-refractivity contribution in [3.63, 3.8) is 0 Å². The molecule has 0 aromatic heterocycles. The molecule has 0 radical (unpaired) electrons. The monoisotopic (exact) mass is 270 g/mol. The van der Waals surface area contributed by atoms with E-state index in [9.17, 15) is 13.2 Å². The van der Waals surface area contributed by atoms with Gasteiger partial charge in [-0.05, 0) is 30.0 Å². The first-order valence-corrected chi connectivity index (χ1v) is 7.69. The number of carbonyl (C=O) groups is 1. The summed E-state index contributed by atoms with van der Waals surface area (Å²) in [5, 5.41) is 0. The molecule has 1 aromatic carbocycles. The lowest BCUT2D eigenvalue weighted by molar-refractivity contribution is 0.0599. The molecule has 0 aliphatic carbocycles. The summed E-state index contributed by atoms with van der Waals surface area (Å²) >= 11 is 0. The molecule has 0 spiro atoms. The van der Waals surface area contributed by atoms with E-state index in [0.717, 1.165) is 5.56 Å². The molecule has 0 fully saturated rings. The van der Waals surface area contributed by atoms with Gasteiger partial charge in [0, 0.05) is 6.26 Å². The topological polar surface area (TPSA) is 60.4 Å². The van der Waals surface area contributed by atoms with Gasteiger partial charge in [0.25, 0.3) is 0 Å². The van der Waals surface area contributed by atoms with Crippen molar-refractivity contribution in [2.45, 2.75) is 31.6 Å². The minimum Gasteiger partial charge on any atom is -0.465 e. The molecule has 0 saturated carbocycles. The zero-order valence-corrected chi connectivity index (χ0v) is 11.9. The number of ether oxygens (including phenoxy) is 1. The molecule has 4 nitrogen and oxygen atoms in total. The molecule has 0 N–H and O–H groups in total. The van der Waals surface area contributed by atoms with Gasteiger partial charge >= 0.3 is 5.97 Å². The van der Waals surface area contributed by atoms with E-state index in [0.29, 0.717) is 24.0 Å². The van der Waals surface area contributed by atoms with E-state index in [1.807, 2.05) is 13.8 Å². The van der Waals surface area contributed by atoms with Gasteiger partial charge in [0.2, 0.25) is 0 Å². The zero-order chi connectivity index (χ0) is 13.9. The van der Waals surface area contributed by atoms with E-state index in [2.05, 4.69) is 4.74 Å². The molecule has 5 heteroatoms. The van der Waals surface area contributed by atoms with Gasteiger partial charge in [0.1, 0.15) is 0 Å². The van der Waals surface area contributed by atoms with Gasteiger partial charge in [0.15, 0.2) is 9.84 Å². The Hall–Kier alpha value is -1.36. The number of carbonyl (C=O) groups excluding carboxylic acids is 1. The van der Waals surface area contributed by atoms with E-state index < -0.39 is 15.8 Å². The van der Waals surface area contributed by atoms with Crippen LogP contribution in [-0.4, -0.2) is 27.8 Å². The highest BCUT2D eigenvalue weighted by Gasteiger charge is 2.22. The SMILES string of the molecule is CCc1ccc(C(=O)OC)c(CC)c1S(C)(=O)=O. The van der Waals surface area contributed by atoms with Crippen LogP contribution >= 0.6 is 0 Å². The molecule has 0 atom stereocenters. The van der Waals surface area contributed by atoms with Crippen LogP contribution in [0.25, 0.3) is 0 Å². The maximum Gasteiger partial charge on any atom is 0.338 e.